The van der Waals surface area contributed by atoms with Crippen LogP contribution in [0.1, 0.15) is 25.0 Å². The van der Waals surface area contributed by atoms with Crippen LogP contribution in [0.3, 0.4) is 0 Å². The number of sulfonamides is 1. The molecule has 0 atom stereocenters. The lowest BCUT2D eigenvalue weighted by Gasteiger charge is -2.28. The van der Waals surface area contributed by atoms with Crippen molar-refractivity contribution >= 4 is 37.7 Å². The summed E-state index contributed by atoms with van der Waals surface area (Å²) < 4.78 is 29.4. The number of nitrogens with zero attached hydrogens (tertiary/aromatic N) is 3. The van der Waals surface area contributed by atoms with Gasteiger partial charge in [0.05, 0.1) is 5.69 Å². The van der Waals surface area contributed by atoms with Gasteiger partial charge in [0, 0.05) is 36.0 Å². The third-order valence-electron chi connectivity index (χ3n) is 4.70. The van der Waals surface area contributed by atoms with Crippen LogP contribution in [0.5, 0.6) is 0 Å². The summed E-state index contributed by atoms with van der Waals surface area (Å²) in [5.74, 6) is 0. The zero-order valence-corrected chi connectivity index (χ0v) is 16.5. The number of hydrogen-bond acceptors (Lipinski definition) is 6. The van der Waals surface area contributed by atoms with Crippen LogP contribution in [-0.2, 0) is 10.0 Å². The van der Waals surface area contributed by atoms with E-state index in [4.69, 9.17) is 0 Å². The molecule has 7 nitrogen and oxygen atoms in total. The van der Waals surface area contributed by atoms with E-state index in [0.717, 1.165) is 18.8 Å². The van der Waals surface area contributed by atoms with Crippen molar-refractivity contribution in [3.05, 3.63) is 51.9 Å². The summed E-state index contributed by atoms with van der Waals surface area (Å²) in [6.45, 7) is 3.58. The molecule has 0 bridgehead atoms. The molecular weight excluding hydrogens is 384 g/mol. The van der Waals surface area contributed by atoms with Gasteiger partial charge in [-0.15, -0.1) is 11.3 Å². The van der Waals surface area contributed by atoms with E-state index in [1.807, 2.05) is 12.1 Å². The Morgan fingerprint density at radius 1 is 1.11 bits per heavy atom. The van der Waals surface area contributed by atoms with E-state index < -0.39 is 15.6 Å². The van der Waals surface area contributed by atoms with Crippen molar-refractivity contribution in [2.75, 3.05) is 22.7 Å². The highest BCUT2D eigenvalue weighted by molar-refractivity contribution is 7.92. The maximum absolute atomic E-state index is 12.8. The van der Waals surface area contributed by atoms with E-state index in [2.05, 4.69) is 14.6 Å². The van der Waals surface area contributed by atoms with Gasteiger partial charge in [0.25, 0.3) is 15.6 Å². The number of aryl methyl sites for hydroxylation is 1. The van der Waals surface area contributed by atoms with Crippen molar-refractivity contribution in [2.45, 2.75) is 31.1 Å². The minimum Gasteiger partial charge on any atom is -0.372 e. The lowest BCUT2D eigenvalue weighted by atomic mass is 10.1. The van der Waals surface area contributed by atoms with Gasteiger partial charge in [0.2, 0.25) is 0 Å². The van der Waals surface area contributed by atoms with Gasteiger partial charge >= 0.3 is 0 Å². The molecule has 1 saturated heterocycles. The van der Waals surface area contributed by atoms with Crippen molar-refractivity contribution in [1.29, 1.82) is 0 Å². The molecule has 0 spiro atoms. The zero-order chi connectivity index (χ0) is 19.0. The van der Waals surface area contributed by atoms with Gasteiger partial charge in [-0.2, -0.15) is 0 Å². The molecule has 1 fully saturated rings. The number of benzene rings is 1. The number of hydrogen-bond donors (Lipinski definition) is 1. The SMILES string of the molecule is Cc1nc2sccn2c(=O)c1S(=O)(=O)Nc1ccc(N2CCCCC2)cc1. The van der Waals surface area contributed by atoms with Crippen LogP contribution in [-0.4, -0.2) is 30.9 Å². The minimum absolute atomic E-state index is 0.194. The number of fused-ring (bicyclic) bond motifs is 1. The van der Waals surface area contributed by atoms with Gasteiger partial charge in [-0.1, -0.05) is 0 Å². The second kappa shape index (κ2) is 6.97. The Bertz CT molecular complexity index is 1130. The van der Waals surface area contributed by atoms with Gasteiger partial charge in [-0.05, 0) is 50.5 Å². The maximum atomic E-state index is 12.8. The average molecular weight is 405 g/mol. The van der Waals surface area contributed by atoms with E-state index in [0.29, 0.717) is 10.6 Å². The monoisotopic (exact) mass is 404 g/mol. The van der Waals surface area contributed by atoms with Crippen LogP contribution in [0.4, 0.5) is 11.4 Å². The Morgan fingerprint density at radius 3 is 2.52 bits per heavy atom. The Balaban J connectivity index is 1.63. The minimum atomic E-state index is -4.04. The Morgan fingerprint density at radius 2 is 1.81 bits per heavy atom. The second-order valence-electron chi connectivity index (χ2n) is 6.59. The molecule has 0 aliphatic carbocycles. The molecule has 2 aromatic heterocycles. The quantitative estimate of drug-likeness (QED) is 0.723. The Kier molecular flexibility index (Phi) is 4.65. The van der Waals surface area contributed by atoms with Crippen molar-refractivity contribution in [3.63, 3.8) is 0 Å². The molecule has 1 aromatic carbocycles. The molecule has 0 radical (unpaired) electrons. The predicted molar refractivity (Wildman–Crippen MR) is 107 cm³/mol. The van der Waals surface area contributed by atoms with Crippen LogP contribution < -0.4 is 15.2 Å². The molecule has 0 saturated carbocycles. The normalized spacial score (nSPS) is 15.2. The first-order chi connectivity index (χ1) is 13.0. The molecule has 27 heavy (non-hydrogen) atoms. The Hall–Kier alpha value is -2.39. The van der Waals surface area contributed by atoms with Crippen LogP contribution in [0.2, 0.25) is 0 Å². The third-order valence-corrected chi connectivity index (χ3v) is 6.97. The topological polar surface area (TPSA) is 83.8 Å². The first-order valence-electron chi connectivity index (χ1n) is 8.80. The predicted octanol–water partition coefficient (Wildman–Crippen LogP) is 2.86. The van der Waals surface area contributed by atoms with Crippen LogP contribution >= 0.6 is 11.3 Å². The molecular formula is C18H20N4O3S2. The zero-order valence-electron chi connectivity index (χ0n) is 14.9. The number of thiazole rings is 1. The fourth-order valence-electron chi connectivity index (χ4n) is 3.37. The molecule has 9 heteroatoms. The van der Waals surface area contributed by atoms with Crippen LogP contribution in [0.25, 0.3) is 4.96 Å². The lowest BCUT2D eigenvalue weighted by molar-refractivity contribution is 0.578. The summed E-state index contributed by atoms with van der Waals surface area (Å²) in [6, 6.07) is 7.27. The summed E-state index contributed by atoms with van der Waals surface area (Å²) in [5, 5.41) is 1.70. The van der Waals surface area contributed by atoms with E-state index in [1.54, 1.807) is 17.5 Å². The molecule has 1 aliphatic rings. The van der Waals surface area contributed by atoms with Crippen LogP contribution in [0, 0.1) is 6.92 Å². The summed E-state index contributed by atoms with van der Waals surface area (Å²) in [6.07, 6.45) is 5.14. The first-order valence-corrected chi connectivity index (χ1v) is 11.2. The summed E-state index contributed by atoms with van der Waals surface area (Å²) in [5.41, 5.74) is 1.11. The number of rotatable bonds is 4. The highest BCUT2D eigenvalue weighted by Crippen LogP contribution is 2.23. The van der Waals surface area contributed by atoms with E-state index in [1.165, 1.54) is 48.1 Å². The molecule has 142 valence electrons. The molecule has 3 heterocycles. The fourth-order valence-corrected chi connectivity index (χ4v) is 5.44. The third kappa shape index (κ3) is 3.44. The highest BCUT2D eigenvalue weighted by Gasteiger charge is 2.24. The summed E-state index contributed by atoms with van der Waals surface area (Å²) in [7, 11) is -4.04. The van der Waals surface area contributed by atoms with E-state index in [-0.39, 0.29) is 10.6 Å². The molecule has 0 amide bonds. The smallest absolute Gasteiger partial charge is 0.279 e. The number of aromatic nitrogens is 2. The Labute approximate surface area is 161 Å². The maximum Gasteiger partial charge on any atom is 0.279 e. The van der Waals surface area contributed by atoms with Gasteiger partial charge in [-0.25, -0.2) is 13.4 Å². The molecule has 1 N–H and O–H groups in total. The first kappa shape index (κ1) is 18.0. The highest BCUT2D eigenvalue weighted by atomic mass is 32.2. The number of nitrogens with one attached hydrogen (secondary N) is 1. The summed E-state index contributed by atoms with van der Waals surface area (Å²) >= 11 is 1.29. The van der Waals surface area contributed by atoms with Crippen molar-refractivity contribution < 1.29 is 8.42 Å². The van der Waals surface area contributed by atoms with E-state index in [9.17, 15) is 13.2 Å². The average Bonchev–Trinajstić information content (AvgIpc) is 3.11. The van der Waals surface area contributed by atoms with Gasteiger partial charge in [-0.3, -0.25) is 13.9 Å². The van der Waals surface area contributed by atoms with Crippen LogP contribution in [0.15, 0.2) is 45.5 Å². The fraction of sp³-hybridized carbons (Fsp3) is 0.333. The largest absolute Gasteiger partial charge is 0.372 e. The molecule has 4 rings (SSSR count). The standard InChI is InChI=1S/C18H20N4O3S2/c1-13-16(17(23)22-11-12-26-18(22)19-13)27(24,25)20-14-5-7-15(8-6-14)21-9-3-2-4-10-21/h5-8,11-12,20H,2-4,9-10H2,1H3. The van der Waals surface area contributed by atoms with Crippen molar-refractivity contribution in [3.8, 4) is 0 Å². The molecule has 3 aromatic rings. The lowest BCUT2D eigenvalue weighted by Crippen LogP contribution is -2.29. The summed E-state index contributed by atoms with van der Waals surface area (Å²) in [4.78, 5) is 19.3. The van der Waals surface area contributed by atoms with Gasteiger partial charge in [0.1, 0.15) is 0 Å². The molecule has 0 unspecified atom stereocenters. The van der Waals surface area contributed by atoms with Crippen molar-refractivity contribution in [1.82, 2.24) is 9.38 Å². The number of anilines is 2. The van der Waals surface area contributed by atoms with E-state index >= 15 is 0 Å². The van der Waals surface area contributed by atoms with Gasteiger partial charge < -0.3 is 4.90 Å². The second-order valence-corrected chi connectivity index (χ2v) is 9.08. The van der Waals surface area contributed by atoms with Gasteiger partial charge in [0.15, 0.2) is 9.86 Å². The van der Waals surface area contributed by atoms with Crippen molar-refractivity contribution in [2.24, 2.45) is 0 Å². The molecule has 1 aliphatic heterocycles. The number of piperidine rings is 1.